The van der Waals surface area contributed by atoms with Crippen molar-refractivity contribution in [1.29, 1.82) is 0 Å². The van der Waals surface area contributed by atoms with E-state index >= 15 is 0 Å². The molecule has 0 bridgehead atoms. The second kappa shape index (κ2) is 8.41. The Bertz CT molecular complexity index is 822. The summed E-state index contributed by atoms with van der Waals surface area (Å²) in [5.74, 6) is -5.40. The van der Waals surface area contributed by atoms with Gasteiger partial charge in [-0.3, -0.25) is 9.59 Å². The van der Waals surface area contributed by atoms with Crippen LogP contribution in [0.25, 0.3) is 0 Å². The van der Waals surface area contributed by atoms with Crippen LogP contribution in [-0.2, 0) is 9.59 Å². The number of carbonyl (C=O) groups is 2. The fourth-order valence-electron chi connectivity index (χ4n) is 3.25. The van der Waals surface area contributed by atoms with Crippen molar-refractivity contribution in [3.05, 3.63) is 59.7 Å². The van der Waals surface area contributed by atoms with E-state index in [4.69, 9.17) is 0 Å². The van der Waals surface area contributed by atoms with Crippen molar-refractivity contribution in [2.24, 2.45) is 11.8 Å². The third-order valence-corrected chi connectivity index (χ3v) is 4.84. The highest BCUT2D eigenvalue weighted by atomic mass is 19.2. The van der Waals surface area contributed by atoms with E-state index in [1.807, 2.05) is 0 Å². The summed E-state index contributed by atoms with van der Waals surface area (Å²) in [7, 11) is 0. The third kappa shape index (κ3) is 4.68. The number of hydrogen-bond acceptors (Lipinski definition) is 2. The van der Waals surface area contributed by atoms with E-state index in [2.05, 4.69) is 10.6 Å². The molecule has 148 valence electrons. The van der Waals surface area contributed by atoms with Crippen LogP contribution in [-0.4, -0.2) is 11.8 Å². The molecule has 0 aromatic heterocycles. The SMILES string of the molecule is O=C(Nc1ccc(F)c(F)c1)C1CCC(C(=O)Nc2ccc(F)c(F)c2)CC1. The molecule has 2 aromatic rings. The Morgan fingerprint density at radius 1 is 0.643 bits per heavy atom. The Balaban J connectivity index is 1.51. The van der Waals surface area contributed by atoms with Crippen molar-refractivity contribution < 1.29 is 27.2 Å². The van der Waals surface area contributed by atoms with Crippen LogP contribution >= 0.6 is 0 Å². The van der Waals surface area contributed by atoms with Gasteiger partial charge in [-0.2, -0.15) is 0 Å². The molecule has 0 saturated heterocycles. The Morgan fingerprint density at radius 3 is 1.32 bits per heavy atom. The highest BCUT2D eigenvalue weighted by Gasteiger charge is 2.30. The van der Waals surface area contributed by atoms with Crippen molar-refractivity contribution in [1.82, 2.24) is 0 Å². The van der Waals surface area contributed by atoms with E-state index in [0.717, 1.165) is 24.3 Å². The molecule has 0 spiro atoms. The van der Waals surface area contributed by atoms with Gasteiger partial charge in [-0.15, -0.1) is 0 Å². The lowest BCUT2D eigenvalue weighted by molar-refractivity contribution is -0.125. The minimum atomic E-state index is -1.05. The zero-order chi connectivity index (χ0) is 20.3. The molecule has 1 saturated carbocycles. The number of benzene rings is 2. The molecule has 2 N–H and O–H groups in total. The van der Waals surface area contributed by atoms with Gasteiger partial charge in [0.05, 0.1) is 0 Å². The largest absolute Gasteiger partial charge is 0.326 e. The number of carbonyl (C=O) groups excluding carboxylic acids is 2. The summed E-state index contributed by atoms with van der Waals surface area (Å²) in [6.45, 7) is 0. The molecule has 8 heteroatoms. The van der Waals surface area contributed by atoms with Gasteiger partial charge in [0.2, 0.25) is 11.8 Å². The number of anilines is 2. The monoisotopic (exact) mass is 394 g/mol. The van der Waals surface area contributed by atoms with Crippen LogP contribution in [0.4, 0.5) is 28.9 Å². The van der Waals surface area contributed by atoms with E-state index in [1.165, 1.54) is 12.1 Å². The molecule has 28 heavy (non-hydrogen) atoms. The van der Waals surface area contributed by atoms with E-state index in [-0.39, 0.29) is 35.0 Å². The topological polar surface area (TPSA) is 58.2 Å². The molecule has 4 nitrogen and oxygen atoms in total. The summed E-state index contributed by atoms with van der Waals surface area (Å²) in [6, 6.07) is 6.24. The van der Waals surface area contributed by atoms with Crippen LogP contribution in [0.15, 0.2) is 36.4 Å². The number of rotatable bonds is 4. The number of amides is 2. The third-order valence-electron chi connectivity index (χ3n) is 4.84. The Hall–Kier alpha value is -2.90. The highest BCUT2D eigenvalue weighted by molar-refractivity contribution is 5.94. The zero-order valence-electron chi connectivity index (χ0n) is 14.8. The van der Waals surface area contributed by atoms with E-state index in [1.54, 1.807) is 0 Å². The van der Waals surface area contributed by atoms with Gasteiger partial charge in [0.15, 0.2) is 23.3 Å². The molecule has 0 atom stereocenters. The fraction of sp³-hybridized carbons (Fsp3) is 0.300. The molecule has 0 aliphatic heterocycles. The summed E-state index contributed by atoms with van der Waals surface area (Å²) in [4.78, 5) is 24.6. The van der Waals surface area contributed by atoms with Crippen LogP contribution in [0.1, 0.15) is 25.7 Å². The minimum absolute atomic E-state index is 0.169. The molecule has 3 rings (SSSR count). The summed E-state index contributed by atoms with van der Waals surface area (Å²) in [5, 5.41) is 5.10. The van der Waals surface area contributed by atoms with Crippen LogP contribution in [0.3, 0.4) is 0 Å². The average molecular weight is 394 g/mol. The summed E-state index contributed by atoms with van der Waals surface area (Å²) in [5.41, 5.74) is 0.337. The maximum atomic E-state index is 13.2. The first kappa shape index (κ1) is 19.9. The molecule has 1 aliphatic rings. The molecule has 0 heterocycles. The molecule has 2 aromatic carbocycles. The molecule has 2 amide bonds. The predicted octanol–water partition coefficient (Wildman–Crippen LogP) is 4.63. The smallest absolute Gasteiger partial charge is 0.227 e. The number of nitrogens with one attached hydrogen (secondary N) is 2. The standard InChI is InChI=1S/C20H18F4N2O2/c21-15-7-5-13(9-17(15)23)25-19(27)11-1-2-12(4-3-11)20(28)26-14-6-8-16(22)18(24)10-14/h5-12H,1-4H2,(H,25,27)(H,26,28). The lowest BCUT2D eigenvalue weighted by atomic mass is 9.81. The lowest BCUT2D eigenvalue weighted by Gasteiger charge is -2.27. The van der Waals surface area contributed by atoms with Gasteiger partial charge in [0.1, 0.15) is 0 Å². The van der Waals surface area contributed by atoms with Gasteiger partial charge in [0, 0.05) is 35.3 Å². The quantitative estimate of drug-likeness (QED) is 0.743. The Kier molecular flexibility index (Phi) is 5.96. The van der Waals surface area contributed by atoms with Gasteiger partial charge in [-0.1, -0.05) is 0 Å². The van der Waals surface area contributed by atoms with Crippen molar-refractivity contribution in [2.45, 2.75) is 25.7 Å². The Morgan fingerprint density at radius 2 is 1.00 bits per heavy atom. The summed E-state index contributed by atoms with van der Waals surface area (Å²) >= 11 is 0. The first-order chi connectivity index (χ1) is 13.3. The van der Waals surface area contributed by atoms with Crippen molar-refractivity contribution in [3.8, 4) is 0 Å². The van der Waals surface area contributed by atoms with Crippen LogP contribution in [0.2, 0.25) is 0 Å². The molecular formula is C20H18F4N2O2. The number of hydrogen-bond donors (Lipinski definition) is 2. The van der Waals surface area contributed by atoms with Crippen molar-refractivity contribution in [2.75, 3.05) is 10.6 Å². The maximum absolute atomic E-state index is 13.2. The first-order valence-corrected chi connectivity index (χ1v) is 8.85. The summed E-state index contributed by atoms with van der Waals surface area (Å²) < 4.78 is 52.3. The average Bonchev–Trinajstić information content (AvgIpc) is 2.67. The van der Waals surface area contributed by atoms with Crippen molar-refractivity contribution >= 4 is 23.2 Å². The van der Waals surface area contributed by atoms with E-state index in [9.17, 15) is 27.2 Å². The van der Waals surface area contributed by atoms with Gasteiger partial charge in [-0.25, -0.2) is 17.6 Å². The molecule has 0 unspecified atom stereocenters. The van der Waals surface area contributed by atoms with Crippen molar-refractivity contribution in [3.63, 3.8) is 0 Å². The van der Waals surface area contributed by atoms with Gasteiger partial charge in [0.25, 0.3) is 0 Å². The van der Waals surface area contributed by atoms with Gasteiger partial charge >= 0.3 is 0 Å². The van der Waals surface area contributed by atoms with Crippen LogP contribution in [0.5, 0.6) is 0 Å². The summed E-state index contributed by atoms with van der Waals surface area (Å²) in [6.07, 6.45) is 1.80. The Labute approximate surface area is 158 Å². The second-order valence-electron chi connectivity index (χ2n) is 6.78. The predicted molar refractivity (Wildman–Crippen MR) is 95.4 cm³/mol. The minimum Gasteiger partial charge on any atom is -0.326 e. The molecule has 0 radical (unpaired) electrons. The van der Waals surface area contributed by atoms with E-state index < -0.39 is 23.3 Å². The second-order valence-corrected chi connectivity index (χ2v) is 6.78. The first-order valence-electron chi connectivity index (χ1n) is 8.85. The normalized spacial score (nSPS) is 19.1. The highest BCUT2D eigenvalue weighted by Crippen LogP contribution is 2.31. The fourth-order valence-corrected chi connectivity index (χ4v) is 3.25. The van der Waals surface area contributed by atoms with E-state index in [0.29, 0.717) is 25.7 Å². The lowest BCUT2D eigenvalue weighted by Crippen LogP contribution is -2.32. The van der Waals surface area contributed by atoms with Gasteiger partial charge in [-0.05, 0) is 49.9 Å². The zero-order valence-corrected chi connectivity index (χ0v) is 14.8. The molecule has 1 fully saturated rings. The van der Waals surface area contributed by atoms with Crippen LogP contribution < -0.4 is 10.6 Å². The van der Waals surface area contributed by atoms with Crippen LogP contribution in [0, 0.1) is 35.1 Å². The maximum Gasteiger partial charge on any atom is 0.227 e. The molecular weight excluding hydrogens is 376 g/mol. The molecule has 1 aliphatic carbocycles. The number of halogens is 4. The van der Waals surface area contributed by atoms with Gasteiger partial charge < -0.3 is 10.6 Å².